The van der Waals surface area contributed by atoms with Gasteiger partial charge in [0.15, 0.2) is 0 Å². The zero-order chi connectivity index (χ0) is 6.69. The number of allylic oxidation sites excluding steroid dienone is 2. The Bertz CT molecular complexity index is 200. The van der Waals surface area contributed by atoms with E-state index in [0.29, 0.717) is 5.57 Å². The van der Waals surface area contributed by atoms with Gasteiger partial charge < -0.3 is 10.3 Å². The Kier molecular flexibility index (Phi) is 1.63. The first-order valence-electron chi connectivity index (χ1n) is 2.63. The fraction of sp³-hybridized carbons (Fsp3) is 0.167. The zero-order valence-electron chi connectivity index (χ0n) is 4.79. The summed E-state index contributed by atoms with van der Waals surface area (Å²) in [4.78, 5) is 0. The lowest BCUT2D eigenvalue weighted by Gasteiger charge is -2.17. The lowest BCUT2D eigenvalue weighted by molar-refractivity contribution is -0.785. The second kappa shape index (κ2) is 2.44. The van der Waals surface area contributed by atoms with E-state index in [9.17, 15) is 5.21 Å². The molecule has 0 spiro atoms. The minimum Gasteiger partial charge on any atom is -0.629 e. The summed E-state index contributed by atoms with van der Waals surface area (Å²) in [6.45, 7) is 0.271. The van der Waals surface area contributed by atoms with Crippen LogP contribution in [0, 0.1) is 16.5 Å². The summed E-state index contributed by atoms with van der Waals surface area (Å²) in [5.41, 5.74) is 0.544. The predicted octanol–water partition coefficient (Wildman–Crippen LogP) is -0.654. The molecule has 3 heteroatoms. The molecule has 1 atom stereocenters. The van der Waals surface area contributed by atoms with Crippen LogP contribution >= 0.6 is 0 Å². The molecule has 0 radical (unpaired) electrons. The molecular weight excluding hydrogens is 116 g/mol. The molecule has 0 aromatic rings. The number of rotatable bonds is 0. The van der Waals surface area contributed by atoms with E-state index in [4.69, 9.17) is 5.26 Å². The summed E-state index contributed by atoms with van der Waals surface area (Å²) in [7, 11) is 0. The van der Waals surface area contributed by atoms with Crippen LogP contribution in [-0.2, 0) is 0 Å². The zero-order valence-corrected chi connectivity index (χ0v) is 4.79. The van der Waals surface area contributed by atoms with Gasteiger partial charge in [0, 0.05) is 0 Å². The number of hydrogen-bond acceptors (Lipinski definition) is 2. The van der Waals surface area contributed by atoms with Crippen molar-refractivity contribution in [2.24, 2.45) is 0 Å². The van der Waals surface area contributed by atoms with E-state index in [1.165, 1.54) is 6.20 Å². The summed E-state index contributed by atoms with van der Waals surface area (Å²) in [6.07, 6.45) is 4.73. The van der Waals surface area contributed by atoms with Gasteiger partial charge in [0.1, 0.15) is 12.6 Å². The normalized spacial score (nSPS) is 24.9. The van der Waals surface area contributed by atoms with Crippen LogP contribution in [0.1, 0.15) is 0 Å². The fourth-order valence-electron chi connectivity index (χ4n) is 0.654. The van der Waals surface area contributed by atoms with Gasteiger partial charge >= 0.3 is 0 Å². The third-order valence-corrected chi connectivity index (χ3v) is 1.09. The van der Waals surface area contributed by atoms with Crippen molar-refractivity contribution in [3.05, 3.63) is 29.1 Å². The van der Waals surface area contributed by atoms with Gasteiger partial charge in [-0.2, -0.15) is 5.26 Å². The van der Waals surface area contributed by atoms with Gasteiger partial charge in [-0.1, -0.05) is 0 Å². The Morgan fingerprint density at radius 1 is 1.78 bits per heavy atom. The molecule has 1 rings (SSSR count). The molecule has 0 aromatic heterocycles. The highest BCUT2D eigenvalue weighted by molar-refractivity contribution is 5.26. The van der Waals surface area contributed by atoms with Gasteiger partial charge in [0.25, 0.3) is 0 Å². The minimum atomic E-state index is 0.00838. The predicted molar refractivity (Wildman–Crippen MR) is 32.0 cm³/mol. The Morgan fingerprint density at radius 2 is 2.56 bits per heavy atom. The molecule has 1 aliphatic rings. The molecule has 1 N–H and O–H groups in total. The molecule has 0 aliphatic carbocycles. The number of nitriles is 1. The van der Waals surface area contributed by atoms with Crippen LogP contribution in [0.3, 0.4) is 0 Å². The van der Waals surface area contributed by atoms with Crippen molar-refractivity contribution in [2.75, 3.05) is 6.54 Å². The number of hydroxylamine groups is 2. The van der Waals surface area contributed by atoms with E-state index in [2.05, 4.69) is 0 Å². The highest BCUT2D eigenvalue weighted by Gasteiger charge is 2.01. The van der Waals surface area contributed by atoms with Crippen molar-refractivity contribution in [2.45, 2.75) is 0 Å². The molecule has 0 bridgehead atoms. The standard InChI is InChI=1S/C6H6N2O/c7-4-6-2-1-3-8(9)5-6/h1-3,8H,5H2. The van der Waals surface area contributed by atoms with Crippen LogP contribution in [-0.4, -0.2) is 6.54 Å². The molecule has 46 valence electrons. The molecule has 1 heterocycles. The summed E-state index contributed by atoms with van der Waals surface area (Å²) < 4.78 is 0. The number of hydrogen-bond donors (Lipinski definition) is 1. The first kappa shape index (κ1) is 6.02. The van der Waals surface area contributed by atoms with Crippen LogP contribution in [0.5, 0.6) is 0 Å². The molecule has 0 saturated heterocycles. The number of nitrogens with zero attached hydrogens (tertiary/aromatic N) is 1. The first-order valence-corrected chi connectivity index (χ1v) is 2.63. The smallest absolute Gasteiger partial charge is 0.117 e. The van der Waals surface area contributed by atoms with Crippen LogP contribution < -0.4 is 5.06 Å². The van der Waals surface area contributed by atoms with Crippen molar-refractivity contribution in [1.29, 1.82) is 5.26 Å². The first-order chi connectivity index (χ1) is 4.33. The summed E-state index contributed by atoms with van der Waals surface area (Å²) in [5, 5.41) is 18.9. The van der Waals surface area contributed by atoms with E-state index in [1.54, 1.807) is 12.2 Å². The minimum absolute atomic E-state index is 0.00838. The molecule has 3 nitrogen and oxygen atoms in total. The van der Waals surface area contributed by atoms with Gasteiger partial charge in [-0.25, -0.2) is 0 Å². The van der Waals surface area contributed by atoms with E-state index >= 15 is 0 Å². The molecule has 0 fully saturated rings. The molecular formula is C6H6N2O. The largest absolute Gasteiger partial charge is 0.629 e. The van der Waals surface area contributed by atoms with Gasteiger partial charge in [-0.3, -0.25) is 0 Å². The third kappa shape index (κ3) is 1.39. The van der Waals surface area contributed by atoms with Crippen molar-refractivity contribution in [1.82, 2.24) is 0 Å². The molecule has 0 amide bonds. The maximum atomic E-state index is 10.6. The lowest BCUT2D eigenvalue weighted by Crippen LogP contribution is -3.02. The quantitative estimate of drug-likeness (QED) is 0.434. The van der Waals surface area contributed by atoms with Crippen molar-refractivity contribution in [3.8, 4) is 6.07 Å². The van der Waals surface area contributed by atoms with Crippen LogP contribution in [0.25, 0.3) is 0 Å². The Labute approximate surface area is 53.1 Å². The monoisotopic (exact) mass is 122 g/mol. The maximum Gasteiger partial charge on any atom is 0.117 e. The van der Waals surface area contributed by atoms with Crippen LogP contribution in [0.4, 0.5) is 0 Å². The van der Waals surface area contributed by atoms with Gasteiger partial charge in [0.05, 0.1) is 11.8 Å². The van der Waals surface area contributed by atoms with E-state index in [-0.39, 0.29) is 11.6 Å². The third-order valence-electron chi connectivity index (χ3n) is 1.09. The Balaban J connectivity index is 2.69. The average Bonchev–Trinajstić information content (AvgIpc) is 1.88. The Morgan fingerprint density at radius 3 is 3.00 bits per heavy atom. The fourth-order valence-corrected chi connectivity index (χ4v) is 0.654. The van der Waals surface area contributed by atoms with Crippen LogP contribution in [0.2, 0.25) is 0 Å². The molecule has 0 saturated carbocycles. The molecule has 1 unspecified atom stereocenters. The SMILES string of the molecule is N#CC1=CC=C[NH+]([O-])C1. The molecule has 9 heavy (non-hydrogen) atoms. The second-order valence-corrected chi connectivity index (χ2v) is 1.81. The van der Waals surface area contributed by atoms with E-state index in [1.807, 2.05) is 6.07 Å². The summed E-state index contributed by atoms with van der Waals surface area (Å²) >= 11 is 0. The van der Waals surface area contributed by atoms with Crippen molar-refractivity contribution >= 4 is 0 Å². The summed E-state index contributed by atoms with van der Waals surface area (Å²) in [5.74, 6) is 0. The number of nitrogens with one attached hydrogen (secondary N) is 1. The van der Waals surface area contributed by atoms with Gasteiger partial charge in [-0.05, 0) is 12.2 Å². The number of quaternary nitrogens is 1. The van der Waals surface area contributed by atoms with Crippen molar-refractivity contribution < 1.29 is 5.06 Å². The van der Waals surface area contributed by atoms with Gasteiger partial charge in [-0.15, -0.1) is 0 Å². The average molecular weight is 122 g/mol. The molecule has 1 aliphatic heterocycles. The lowest BCUT2D eigenvalue weighted by atomic mass is 10.2. The molecule has 0 aromatic carbocycles. The Hall–Kier alpha value is -1.11. The van der Waals surface area contributed by atoms with Crippen LogP contribution in [0.15, 0.2) is 23.9 Å². The topological polar surface area (TPSA) is 51.3 Å². The van der Waals surface area contributed by atoms with Gasteiger partial charge in [0.2, 0.25) is 0 Å². The second-order valence-electron chi connectivity index (χ2n) is 1.81. The van der Waals surface area contributed by atoms with E-state index < -0.39 is 0 Å². The highest BCUT2D eigenvalue weighted by Crippen LogP contribution is 1.90. The summed E-state index contributed by atoms with van der Waals surface area (Å²) in [6, 6.07) is 1.92. The maximum absolute atomic E-state index is 10.6. The van der Waals surface area contributed by atoms with Crippen molar-refractivity contribution in [3.63, 3.8) is 0 Å². The highest BCUT2D eigenvalue weighted by atomic mass is 16.5. The van der Waals surface area contributed by atoms with E-state index in [0.717, 1.165) is 0 Å².